The van der Waals surface area contributed by atoms with Gasteiger partial charge in [0.1, 0.15) is 5.82 Å². The predicted molar refractivity (Wildman–Crippen MR) is 97.1 cm³/mol. The van der Waals surface area contributed by atoms with Crippen LogP contribution in [0.5, 0.6) is 0 Å². The zero-order valence-electron chi connectivity index (χ0n) is 14.9. The molecular weight excluding hydrogens is 349 g/mol. The third-order valence-corrected chi connectivity index (χ3v) is 4.48. The number of carbonyl (C=O) groups excluding carboxylic acids is 3. The normalized spacial score (nSPS) is 14.4. The maximum Gasteiger partial charge on any atom is 0.312 e. The topological polar surface area (TPSA) is 69.7 Å². The first kappa shape index (κ1) is 18.6. The van der Waals surface area contributed by atoms with Crippen LogP contribution >= 0.6 is 0 Å². The minimum Gasteiger partial charge on any atom is -0.348 e. The molecule has 0 aliphatic carbocycles. The van der Waals surface area contributed by atoms with E-state index in [4.69, 9.17) is 0 Å². The molecule has 0 bridgehead atoms. The van der Waals surface area contributed by atoms with Gasteiger partial charge in [0.05, 0.1) is 0 Å². The van der Waals surface area contributed by atoms with Crippen LogP contribution in [0.25, 0.3) is 0 Å². The summed E-state index contributed by atoms with van der Waals surface area (Å²) < 4.78 is 12.9. The second-order valence-corrected chi connectivity index (χ2v) is 6.46. The lowest BCUT2D eigenvalue weighted by atomic mass is 10.1. The van der Waals surface area contributed by atoms with E-state index < -0.39 is 11.8 Å². The fraction of sp³-hybridized carbons (Fsp3) is 0.250. The number of benzene rings is 2. The summed E-state index contributed by atoms with van der Waals surface area (Å²) in [6.45, 7) is 1.63. The Morgan fingerprint density at radius 1 is 0.963 bits per heavy atom. The number of hydrogen-bond donors (Lipinski definition) is 1. The van der Waals surface area contributed by atoms with Crippen LogP contribution in [0.2, 0.25) is 0 Å². The molecule has 3 rings (SSSR count). The number of hydrogen-bond acceptors (Lipinski definition) is 3. The van der Waals surface area contributed by atoms with Gasteiger partial charge in [-0.3, -0.25) is 14.4 Å². The summed E-state index contributed by atoms with van der Waals surface area (Å²) in [6, 6.07) is 12.8. The first-order valence-corrected chi connectivity index (χ1v) is 8.60. The van der Waals surface area contributed by atoms with E-state index in [2.05, 4.69) is 5.32 Å². The van der Waals surface area contributed by atoms with E-state index in [1.54, 1.807) is 43.4 Å². The van der Waals surface area contributed by atoms with Gasteiger partial charge in [-0.25, -0.2) is 4.39 Å². The van der Waals surface area contributed by atoms with Crippen molar-refractivity contribution in [2.24, 2.45) is 0 Å². The second kappa shape index (κ2) is 7.99. The van der Waals surface area contributed by atoms with Crippen molar-refractivity contribution in [2.45, 2.75) is 13.1 Å². The Bertz CT molecular complexity index is 850. The maximum atomic E-state index is 12.9. The SMILES string of the molecule is CN1CCN(Cc2ccc(C(=O)NCc3ccc(F)cc3)cc2)C(=O)C1=O. The summed E-state index contributed by atoms with van der Waals surface area (Å²) in [4.78, 5) is 38.9. The Morgan fingerprint density at radius 3 is 2.26 bits per heavy atom. The lowest BCUT2D eigenvalue weighted by Gasteiger charge is -2.31. The molecule has 6 nitrogen and oxygen atoms in total. The third-order valence-electron chi connectivity index (χ3n) is 4.48. The Balaban J connectivity index is 1.56. The summed E-state index contributed by atoms with van der Waals surface area (Å²) in [5.41, 5.74) is 2.14. The van der Waals surface area contributed by atoms with Gasteiger partial charge < -0.3 is 15.1 Å². The van der Waals surface area contributed by atoms with Gasteiger partial charge in [0.25, 0.3) is 5.91 Å². The van der Waals surface area contributed by atoms with Crippen LogP contribution in [0.4, 0.5) is 4.39 Å². The molecule has 0 spiro atoms. The molecule has 7 heteroatoms. The van der Waals surface area contributed by atoms with Gasteiger partial charge in [-0.1, -0.05) is 24.3 Å². The summed E-state index contributed by atoms with van der Waals surface area (Å²) in [5, 5.41) is 2.78. The van der Waals surface area contributed by atoms with Crippen molar-refractivity contribution >= 4 is 17.7 Å². The first-order valence-electron chi connectivity index (χ1n) is 8.60. The molecule has 1 aliphatic heterocycles. The summed E-state index contributed by atoms with van der Waals surface area (Å²) in [6.07, 6.45) is 0. The minimum atomic E-state index is -0.509. The van der Waals surface area contributed by atoms with Gasteiger partial charge in [-0.2, -0.15) is 0 Å². The average molecular weight is 369 g/mol. The van der Waals surface area contributed by atoms with Gasteiger partial charge in [-0.15, -0.1) is 0 Å². The molecule has 27 heavy (non-hydrogen) atoms. The number of amides is 3. The van der Waals surface area contributed by atoms with Crippen molar-refractivity contribution in [1.82, 2.24) is 15.1 Å². The Morgan fingerprint density at radius 2 is 1.59 bits per heavy atom. The van der Waals surface area contributed by atoms with E-state index in [0.717, 1.165) is 11.1 Å². The molecule has 2 aromatic rings. The maximum absolute atomic E-state index is 12.9. The summed E-state index contributed by atoms with van der Waals surface area (Å²) in [5.74, 6) is -1.57. The predicted octanol–water partition coefficient (Wildman–Crippen LogP) is 1.56. The molecule has 0 aromatic heterocycles. The number of likely N-dealkylation sites (N-methyl/N-ethyl adjacent to an activating group) is 1. The number of piperazine rings is 1. The molecular formula is C20H20FN3O3. The van der Waals surface area contributed by atoms with Crippen molar-refractivity contribution in [3.8, 4) is 0 Å². The molecule has 1 aliphatic rings. The van der Waals surface area contributed by atoms with Crippen molar-refractivity contribution in [2.75, 3.05) is 20.1 Å². The largest absolute Gasteiger partial charge is 0.348 e. The zero-order valence-corrected chi connectivity index (χ0v) is 14.9. The molecule has 0 atom stereocenters. The lowest BCUT2D eigenvalue weighted by molar-refractivity contribution is -0.155. The van der Waals surface area contributed by atoms with Crippen molar-refractivity contribution in [3.63, 3.8) is 0 Å². The zero-order chi connectivity index (χ0) is 19.4. The average Bonchev–Trinajstić information content (AvgIpc) is 2.68. The quantitative estimate of drug-likeness (QED) is 0.813. The molecule has 3 amide bonds. The van der Waals surface area contributed by atoms with Crippen LogP contribution < -0.4 is 5.32 Å². The standard InChI is InChI=1S/C20H20FN3O3/c1-23-10-11-24(20(27)19(23)26)13-15-2-6-16(7-3-15)18(25)22-12-14-4-8-17(21)9-5-14/h2-9H,10-13H2,1H3,(H,22,25). The van der Waals surface area contributed by atoms with Gasteiger partial charge in [0, 0.05) is 38.8 Å². The Kier molecular flexibility index (Phi) is 5.49. The monoisotopic (exact) mass is 369 g/mol. The van der Waals surface area contributed by atoms with Crippen LogP contribution in [-0.4, -0.2) is 47.7 Å². The highest BCUT2D eigenvalue weighted by atomic mass is 19.1. The molecule has 0 unspecified atom stereocenters. The van der Waals surface area contributed by atoms with Crippen LogP contribution in [0.3, 0.4) is 0 Å². The molecule has 0 saturated carbocycles. The highest BCUT2D eigenvalue weighted by Crippen LogP contribution is 2.11. The molecule has 140 valence electrons. The van der Waals surface area contributed by atoms with E-state index >= 15 is 0 Å². The minimum absolute atomic E-state index is 0.239. The molecule has 2 aromatic carbocycles. The van der Waals surface area contributed by atoms with E-state index in [1.807, 2.05) is 0 Å². The van der Waals surface area contributed by atoms with Crippen LogP contribution in [-0.2, 0) is 22.7 Å². The lowest BCUT2D eigenvalue weighted by Crippen LogP contribution is -2.52. The van der Waals surface area contributed by atoms with Crippen molar-refractivity contribution in [1.29, 1.82) is 0 Å². The number of nitrogens with one attached hydrogen (secondary N) is 1. The van der Waals surface area contributed by atoms with E-state index in [9.17, 15) is 18.8 Å². The first-order chi connectivity index (χ1) is 12.9. The number of carbonyl (C=O) groups is 3. The molecule has 1 saturated heterocycles. The smallest absolute Gasteiger partial charge is 0.312 e. The molecule has 1 N–H and O–H groups in total. The molecule has 1 heterocycles. The van der Waals surface area contributed by atoms with E-state index in [1.165, 1.54) is 21.9 Å². The van der Waals surface area contributed by atoms with Gasteiger partial charge in [0.2, 0.25) is 0 Å². The van der Waals surface area contributed by atoms with Crippen LogP contribution in [0, 0.1) is 5.82 Å². The highest BCUT2D eigenvalue weighted by Gasteiger charge is 2.30. The van der Waals surface area contributed by atoms with E-state index in [0.29, 0.717) is 31.7 Å². The highest BCUT2D eigenvalue weighted by molar-refractivity contribution is 6.35. The Labute approximate surface area is 156 Å². The fourth-order valence-corrected chi connectivity index (χ4v) is 2.79. The van der Waals surface area contributed by atoms with Crippen LogP contribution in [0.15, 0.2) is 48.5 Å². The van der Waals surface area contributed by atoms with Gasteiger partial charge in [0.15, 0.2) is 0 Å². The van der Waals surface area contributed by atoms with Crippen LogP contribution in [0.1, 0.15) is 21.5 Å². The Hall–Kier alpha value is -3.22. The third kappa shape index (κ3) is 4.49. The number of halogens is 1. The van der Waals surface area contributed by atoms with Crippen molar-refractivity contribution in [3.05, 3.63) is 71.0 Å². The summed E-state index contributed by atoms with van der Waals surface area (Å²) in [7, 11) is 1.61. The fourth-order valence-electron chi connectivity index (χ4n) is 2.79. The van der Waals surface area contributed by atoms with Crippen molar-refractivity contribution < 1.29 is 18.8 Å². The number of nitrogens with zero attached hydrogens (tertiary/aromatic N) is 2. The van der Waals surface area contributed by atoms with Gasteiger partial charge in [-0.05, 0) is 35.4 Å². The van der Waals surface area contributed by atoms with E-state index in [-0.39, 0.29) is 11.7 Å². The summed E-state index contributed by atoms with van der Waals surface area (Å²) >= 11 is 0. The number of rotatable bonds is 5. The molecule has 1 fully saturated rings. The second-order valence-electron chi connectivity index (χ2n) is 6.46. The van der Waals surface area contributed by atoms with Gasteiger partial charge >= 0.3 is 11.8 Å². The molecule has 0 radical (unpaired) electrons.